The highest BCUT2D eigenvalue weighted by Gasteiger charge is 2.28. The maximum Gasteiger partial charge on any atom is 0.251 e. The minimum absolute atomic E-state index is 0.231. The van der Waals surface area contributed by atoms with Crippen molar-refractivity contribution in [1.29, 1.82) is 0 Å². The lowest BCUT2D eigenvalue weighted by molar-refractivity contribution is 0.0924. The maximum atomic E-state index is 13.5. The SMILES string of the molecule is O=C(NC1CNCC1F)c1ccc(-c2ccccc2)cc1. The molecule has 2 atom stereocenters. The number of carbonyl (C=O) groups excluding carboxylic acids is 1. The van der Waals surface area contributed by atoms with Crippen LogP contribution in [-0.4, -0.2) is 31.2 Å². The van der Waals surface area contributed by atoms with Gasteiger partial charge in [-0.2, -0.15) is 0 Å². The summed E-state index contributed by atoms with van der Waals surface area (Å²) in [5.74, 6) is -0.231. The van der Waals surface area contributed by atoms with Gasteiger partial charge in [-0.05, 0) is 23.3 Å². The third-order valence-corrected chi connectivity index (χ3v) is 3.71. The molecule has 1 amide bonds. The van der Waals surface area contributed by atoms with Crippen LogP contribution in [0.5, 0.6) is 0 Å². The van der Waals surface area contributed by atoms with E-state index in [1.165, 1.54) is 0 Å². The van der Waals surface area contributed by atoms with Crippen LogP contribution in [-0.2, 0) is 0 Å². The Morgan fingerprint density at radius 3 is 2.29 bits per heavy atom. The monoisotopic (exact) mass is 284 g/mol. The van der Waals surface area contributed by atoms with Gasteiger partial charge in [-0.1, -0.05) is 42.5 Å². The normalized spacial score (nSPS) is 21.2. The van der Waals surface area contributed by atoms with E-state index < -0.39 is 12.2 Å². The molecule has 0 radical (unpaired) electrons. The molecular weight excluding hydrogens is 267 g/mol. The van der Waals surface area contributed by atoms with Crippen LogP contribution in [0.4, 0.5) is 4.39 Å². The van der Waals surface area contributed by atoms with E-state index in [1.54, 1.807) is 12.1 Å². The van der Waals surface area contributed by atoms with Gasteiger partial charge in [0.05, 0.1) is 6.04 Å². The predicted molar refractivity (Wildman–Crippen MR) is 80.9 cm³/mol. The van der Waals surface area contributed by atoms with Gasteiger partial charge in [0.1, 0.15) is 6.17 Å². The molecule has 0 aliphatic carbocycles. The van der Waals surface area contributed by atoms with E-state index >= 15 is 0 Å². The van der Waals surface area contributed by atoms with Crippen LogP contribution in [0.3, 0.4) is 0 Å². The number of alkyl halides is 1. The first-order valence-electron chi connectivity index (χ1n) is 7.05. The lowest BCUT2D eigenvalue weighted by Gasteiger charge is -2.14. The second-order valence-corrected chi connectivity index (χ2v) is 5.20. The van der Waals surface area contributed by atoms with Crippen molar-refractivity contribution >= 4 is 5.91 Å². The van der Waals surface area contributed by atoms with Gasteiger partial charge in [0.15, 0.2) is 0 Å². The second-order valence-electron chi connectivity index (χ2n) is 5.20. The van der Waals surface area contributed by atoms with E-state index in [1.807, 2.05) is 42.5 Å². The number of rotatable bonds is 3. The van der Waals surface area contributed by atoms with Crippen molar-refractivity contribution in [2.45, 2.75) is 12.2 Å². The van der Waals surface area contributed by atoms with Gasteiger partial charge < -0.3 is 10.6 Å². The zero-order valence-electron chi connectivity index (χ0n) is 11.6. The van der Waals surface area contributed by atoms with Crippen LogP contribution in [0, 0.1) is 0 Å². The van der Waals surface area contributed by atoms with Gasteiger partial charge in [0.25, 0.3) is 5.91 Å². The molecule has 108 valence electrons. The molecule has 2 aromatic rings. The van der Waals surface area contributed by atoms with Crippen LogP contribution >= 0.6 is 0 Å². The Balaban J connectivity index is 1.70. The predicted octanol–water partition coefficient (Wildman–Crippen LogP) is 2.39. The van der Waals surface area contributed by atoms with Crippen molar-refractivity contribution in [3.05, 3.63) is 60.2 Å². The van der Waals surface area contributed by atoms with Crippen molar-refractivity contribution in [3.63, 3.8) is 0 Å². The highest BCUT2D eigenvalue weighted by Crippen LogP contribution is 2.19. The Bertz CT molecular complexity index is 612. The van der Waals surface area contributed by atoms with Gasteiger partial charge >= 0.3 is 0 Å². The fourth-order valence-electron chi connectivity index (χ4n) is 2.48. The third kappa shape index (κ3) is 3.11. The topological polar surface area (TPSA) is 41.1 Å². The van der Waals surface area contributed by atoms with Crippen molar-refractivity contribution in [2.24, 2.45) is 0 Å². The molecular formula is C17H17FN2O. The van der Waals surface area contributed by atoms with E-state index in [4.69, 9.17) is 0 Å². The summed E-state index contributed by atoms with van der Waals surface area (Å²) in [7, 11) is 0. The average molecular weight is 284 g/mol. The Kier molecular flexibility index (Phi) is 3.97. The number of nitrogens with one attached hydrogen (secondary N) is 2. The molecule has 1 heterocycles. The number of carbonyl (C=O) groups is 1. The Morgan fingerprint density at radius 2 is 1.67 bits per heavy atom. The Hall–Kier alpha value is -2.20. The maximum absolute atomic E-state index is 13.5. The van der Waals surface area contributed by atoms with Gasteiger partial charge in [-0.25, -0.2) is 4.39 Å². The molecule has 1 fully saturated rings. The zero-order valence-corrected chi connectivity index (χ0v) is 11.6. The highest BCUT2D eigenvalue weighted by molar-refractivity contribution is 5.95. The van der Waals surface area contributed by atoms with Crippen molar-refractivity contribution in [3.8, 4) is 11.1 Å². The average Bonchev–Trinajstić information content (AvgIpc) is 2.93. The van der Waals surface area contributed by atoms with Crippen LogP contribution in [0.2, 0.25) is 0 Å². The molecule has 1 aliphatic heterocycles. The smallest absolute Gasteiger partial charge is 0.251 e. The van der Waals surface area contributed by atoms with E-state index in [0.29, 0.717) is 18.7 Å². The fraction of sp³-hybridized carbons (Fsp3) is 0.235. The summed E-state index contributed by atoms with van der Waals surface area (Å²) in [4.78, 5) is 12.1. The van der Waals surface area contributed by atoms with Crippen molar-refractivity contribution in [2.75, 3.05) is 13.1 Å². The van der Waals surface area contributed by atoms with Gasteiger partial charge in [-0.3, -0.25) is 4.79 Å². The minimum atomic E-state index is -1.02. The summed E-state index contributed by atoms with van der Waals surface area (Å²) in [6, 6.07) is 16.9. The molecule has 4 heteroatoms. The number of halogens is 1. The van der Waals surface area contributed by atoms with E-state index in [9.17, 15) is 9.18 Å². The van der Waals surface area contributed by atoms with Crippen LogP contribution in [0.1, 0.15) is 10.4 Å². The van der Waals surface area contributed by atoms with Gasteiger partial charge in [-0.15, -0.1) is 0 Å². The summed E-state index contributed by atoms with van der Waals surface area (Å²) in [5.41, 5.74) is 2.71. The molecule has 3 nitrogen and oxygen atoms in total. The molecule has 2 unspecified atom stereocenters. The lowest BCUT2D eigenvalue weighted by Crippen LogP contribution is -2.41. The summed E-state index contributed by atoms with van der Waals surface area (Å²) in [5, 5.41) is 5.65. The molecule has 1 saturated heterocycles. The van der Waals surface area contributed by atoms with E-state index in [0.717, 1.165) is 11.1 Å². The number of hydrogen-bond acceptors (Lipinski definition) is 2. The molecule has 1 aliphatic rings. The van der Waals surface area contributed by atoms with E-state index in [-0.39, 0.29) is 5.91 Å². The van der Waals surface area contributed by atoms with Gasteiger partial charge in [0, 0.05) is 18.7 Å². The van der Waals surface area contributed by atoms with Crippen LogP contribution in [0.15, 0.2) is 54.6 Å². The fourth-order valence-corrected chi connectivity index (χ4v) is 2.48. The first-order chi connectivity index (χ1) is 10.2. The lowest BCUT2D eigenvalue weighted by atomic mass is 10.0. The standard InChI is InChI=1S/C17H17FN2O/c18-15-10-19-11-16(15)20-17(21)14-8-6-13(7-9-14)12-4-2-1-3-5-12/h1-9,15-16,19H,10-11H2,(H,20,21). The molecule has 2 N–H and O–H groups in total. The largest absolute Gasteiger partial charge is 0.345 e. The summed E-state index contributed by atoms with van der Waals surface area (Å²) >= 11 is 0. The molecule has 0 saturated carbocycles. The number of hydrogen-bond donors (Lipinski definition) is 2. The number of benzene rings is 2. The van der Waals surface area contributed by atoms with Crippen molar-refractivity contribution in [1.82, 2.24) is 10.6 Å². The molecule has 0 spiro atoms. The Labute approximate surface area is 123 Å². The van der Waals surface area contributed by atoms with Gasteiger partial charge in [0.2, 0.25) is 0 Å². The molecule has 2 aromatic carbocycles. The minimum Gasteiger partial charge on any atom is -0.345 e. The Morgan fingerprint density at radius 1 is 1.00 bits per heavy atom. The summed E-state index contributed by atoms with van der Waals surface area (Å²) in [6.07, 6.45) is -1.02. The third-order valence-electron chi connectivity index (χ3n) is 3.71. The molecule has 0 bridgehead atoms. The van der Waals surface area contributed by atoms with Crippen LogP contribution < -0.4 is 10.6 Å². The first kappa shape index (κ1) is 13.8. The molecule has 3 rings (SSSR count). The summed E-state index contributed by atoms with van der Waals surface area (Å²) in [6.45, 7) is 0.785. The van der Waals surface area contributed by atoms with Crippen molar-refractivity contribution < 1.29 is 9.18 Å². The highest BCUT2D eigenvalue weighted by atomic mass is 19.1. The second kappa shape index (κ2) is 6.06. The summed E-state index contributed by atoms with van der Waals surface area (Å²) < 4.78 is 13.5. The van der Waals surface area contributed by atoms with E-state index in [2.05, 4.69) is 10.6 Å². The quantitative estimate of drug-likeness (QED) is 0.908. The zero-order chi connectivity index (χ0) is 14.7. The molecule has 0 aromatic heterocycles. The first-order valence-corrected chi connectivity index (χ1v) is 7.05. The molecule has 21 heavy (non-hydrogen) atoms. The number of amides is 1. The van der Waals surface area contributed by atoms with Crippen LogP contribution in [0.25, 0.3) is 11.1 Å².